The van der Waals surface area contributed by atoms with E-state index < -0.39 is 5.60 Å². The number of carbonyl (C=O) groups excluding carboxylic acids is 1. The predicted octanol–water partition coefficient (Wildman–Crippen LogP) is 4.10. The van der Waals surface area contributed by atoms with Crippen molar-refractivity contribution in [3.8, 4) is 0 Å². The summed E-state index contributed by atoms with van der Waals surface area (Å²) in [5, 5.41) is 6.58. The predicted molar refractivity (Wildman–Crippen MR) is 89.6 cm³/mol. The summed E-state index contributed by atoms with van der Waals surface area (Å²) in [7, 11) is 0. The van der Waals surface area contributed by atoms with Gasteiger partial charge in [-0.1, -0.05) is 34.1 Å². The average molecular weight is 300 g/mol. The van der Waals surface area contributed by atoms with Crippen molar-refractivity contribution in [3.05, 3.63) is 0 Å². The molecule has 0 aliphatic rings. The van der Waals surface area contributed by atoms with Crippen molar-refractivity contribution in [2.75, 3.05) is 13.1 Å². The SMILES string of the molecule is CCCC(C)CNCC(CC)(CC)NC(=O)OC(C)(C)C. The molecular weight excluding hydrogens is 264 g/mol. The molecule has 1 amide bonds. The zero-order chi connectivity index (χ0) is 16.5. The third kappa shape index (κ3) is 8.97. The fraction of sp³-hybridized carbons (Fsp3) is 0.941. The van der Waals surface area contributed by atoms with E-state index >= 15 is 0 Å². The molecule has 0 heterocycles. The van der Waals surface area contributed by atoms with Crippen LogP contribution in [0.1, 0.15) is 74.1 Å². The van der Waals surface area contributed by atoms with Gasteiger partial charge in [0.25, 0.3) is 0 Å². The molecule has 0 radical (unpaired) electrons. The summed E-state index contributed by atoms with van der Waals surface area (Å²) in [6, 6.07) is 0. The third-order valence-corrected chi connectivity index (χ3v) is 3.86. The van der Waals surface area contributed by atoms with Gasteiger partial charge in [0.1, 0.15) is 5.60 Å². The molecule has 0 fully saturated rings. The van der Waals surface area contributed by atoms with Gasteiger partial charge >= 0.3 is 6.09 Å². The van der Waals surface area contributed by atoms with Crippen LogP contribution in [0.15, 0.2) is 0 Å². The highest BCUT2D eigenvalue weighted by Gasteiger charge is 2.30. The van der Waals surface area contributed by atoms with Crippen LogP contribution in [0, 0.1) is 5.92 Å². The lowest BCUT2D eigenvalue weighted by molar-refractivity contribution is 0.0445. The van der Waals surface area contributed by atoms with Gasteiger partial charge in [-0.15, -0.1) is 0 Å². The van der Waals surface area contributed by atoms with Crippen molar-refractivity contribution < 1.29 is 9.53 Å². The van der Waals surface area contributed by atoms with Crippen molar-refractivity contribution in [1.82, 2.24) is 10.6 Å². The quantitative estimate of drug-likeness (QED) is 0.674. The second-order valence-corrected chi connectivity index (χ2v) is 7.14. The number of nitrogens with one attached hydrogen (secondary N) is 2. The Morgan fingerprint density at radius 1 is 1.14 bits per heavy atom. The Kier molecular flexibility index (Phi) is 8.95. The van der Waals surface area contributed by atoms with E-state index in [0.29, 0.717) is 5.92 Å². The van der Waals surface area contributed by atoms with Gasteiger partial charge in [0.05, 0.1) is 5.54 Å². The molecule has 0 aromatic rings. The molecule has 0 aromatic carbocycles. The molecule has 0 rings (SSSR count). The van der Waals surface area contributed by atoms with E-state index in [1.165, 1.54) is 12.8 Å². The largest absolute Gasteiger partial charge is 0.444 e. The third-order valence-electron chi connectivity index (χ3n) is 3.86. The zero-order valence-corrected chi connectivity index (χ0v) is 15.1. The second kappa shape index (κ2) is 9.29. The highest BCUT2D eigenvalue weighted by molar-refractivity contribution is 5.68. The molecule has 21 heavy (non-hydrogen) atoms. The van der Waals surface area contributed by atoms with Gasteiger partial charge < -0.3 is 15.4 Å². The summed E-state index contributed by atoms with van der Waals surface area (Å²) in [5.74, 6) is 0.669. The Hall–Kier alpha value is -0.770. The van der Waals surface area contributed by atoms with Crippen LogP contribution in [0.25, 0.3) is 0 Å². The summed E-state index contributed by atoms with van der Waals surface area (Å²) < 4.78 is 5.39. The minimum absolute atomic E-state index is 0.228. The maximum atomic E-state index is 12.0. The van der Waals surface area contributed by atoms with E-state index in [1.54, 1.807) is 0 Å². The first-order valence-corrected chi connectivity index (χ1v) is 8.40. The van der Waals surface area contributed by atoms with Crippen LogP contribution in [0.3, 0.4) is 0 Å². The Labute approximate surface area is 131 Å². The van der Waals surface area contributed by atoms with Gasteiger partial charge in [-0.05, 0) is 52.5 Å². The van der Waals surface area contributed by atoms with Crippen LogP contribution in [0.2, 0.25) is 0 Å². The van der Waals surface area contributed by atoms with E-state index in [1.807, 2.05) is 20.8 Å². The molecular formula is C17H36N2O2. The van der Waals surface area contributed by atoms with Crippen LogP contribution in [-0.4, -0.2) is 30.3 Å². The molecule has 0 bridgehead atoms. The highest BCUT2D eigenvalue weighted by atomic mass is 16.6. The van der Waals surface area contributed by atoms with Gasteiger partial charge in [-0.2, -0.15) is 0 Å². The number of ether oxygens (including phenoxy) is 1. The first-order chi connectivity index (χ1) is 9.68. The van der Waals surface area contributed by atoms with Crippen LogP contribution in [0.5, 0.6) is 0 Å². The maximum absolute atomic E-state index is 12.0. The number of rotatable bonds is 9. The lowest BCUT2D eigenvalue weighted by Gasteiger charge is -2.34. The Morgan fingerprint density at radius 2 is 1.71 bits per heavy atom. The molecule has 0 saturated heterocycles. The molecule has 0 saturated carbocycles. The van der Waals surface area contributed by atoms with Gasteiger partial charge in [-0.3, -0.25) is 0 Å². The van der Waals surface area contributed by atoms with Crippen molar-refractivity contribution in [2.45, 2.75) is 85.3 Å². The topological polar surface area (TPSA) is 50.4 Å². The smallest absolute Gasteiger partial charge is 0.408 e. The molecule has 1 atom stereocenters. The highest BCUT2D eigenvalue weighted by Crippen LogP contribution is 2.16. The van der Waals surface area contributed by atoms with Crippen LogP contribution in [-0.2, 0) is 4.74 Å². The molecule has 0 aliphatic heterocycles. The molecule has 0 aliphatic carbocycles. The number of alkyl carbamates (subject to hydrolysis) is 1. The normalized spacial score (nSPS) is 13.9. The van der Waals surface area contributed by atoms with Gasteiger partial charge in [0.15, 0.2) is 0 Å². The van der Waals surface area contributed by atoms with E-state index in [-0.39, 0.29) is 11.6 Å². The van der Waals surface area contributed by atoms with Crippen molar-refractivity contribution in [1.29, 1.82) is 0 Å². The Morgan fingerprint density at radius 3 is 2.14 bits per heavy atom. The summed E-state index contributed by atoms with van der Waals surface area (Å²) in [6.45, 7) is 16.1. The lowest BCUT2D eigenvalue weighted by atomic mass is 9.92. The molecule has 0 aromatic heterocycles. The maximum Gasteiger partial charge on any atom is 0.408 e. The van der Waals surface area contributed by atoms with E-state index in [9.17, 15) is 4.79 Å². The number of hydrogen-bond acceptors (Lipinski definition) is 3. The first kappa shape index (κ1) is 20.2. The molecule has 4 heteroatoms. The van der Waals surface area contributed by atoms with Crippen LogP contribution >= 0.6 is 0 Å². The van der Waals surface area contributed by atoms with Gasteiger partial charge in [0.2, 0.25) is 0 Å². The van der Waals surface area contributed by atoms with Crippen molar-refractivity contribution >= 4 is 6.09 Å². The van der Waals surface area contributed by atoms with Crippen molar-refractivity contribution in [2.24, 2.45) is 5.92 Å². The van der Waals surface area contributed by atoms with Crippen LogP contribution < -0.4 is 10.6 Å². The molecule has 2 N–H and O–H groups in total. The van der Waals surface area contributed by atoms with Gasteiger partial charge in [0, 0.05) is 6.54 Å². The minimum atomic E-state index is -0.458. The monoisotopic (exact) mass is 300 g/mol. The first-order valence-electron chi connectivity index (χ1n) is 8.40. The molecule has 0 spiro atoms. The fourth-order valence-corrected chi connectivity index (χ4v) is 2.39. The number of carbonyl (C=O) groups is 1. The standard InChI is InChI=1S/C17H36N2O2/c1-8-11-14(4)12-18-13-17(9-2,10-3)19-15(20)21-16(5,6)7/h14,18H,8-13H2,1-7H3,(H,19,20). The zero-order valence-electron chi connectivity index (χ0n) is 15.1. The summed E-state index contributed by atoms with van der Waals surface area (Å²) >= 11 is 0. The Balaban J connectivity index is 4.45. The van der Waals surface area contributed by atoms with E-state index in [0.717, 1.165) is 25.9 Å². The average Bonchev–Trinajstić information content (AvgIpc) is 2.35. The summed E-state index contributed by atoms with van der Waals surface area (Å²) in [4.78, 5) is 12.0. The van der Waals surface area contributed by atoms with E-state index in [4.69, 9.17) is 4.74 Å². The lowest BCUT2D eigenvalue weighted by Crippen LogP contribution is -2.55. The number of amides is 1. The fourth-order valence-electron chi connectivity index (χ4n) is 2.39. The second-order valence-electron chi connectivity index (χ2n) is 7.14. The Bertz CT molecular complexity index is 294. The summed E-state index contributed by atoms with van der Waals surface area (Å²) in [6.07, 6.45) is 3.90. The van der Waals surface area contributed by atoms with E-state index in [2.05, 4.69) is 38.3 Å². The molecule has 4 nitrogen and oxygen atoms in total. The van der Waals surface area contributed by atoms with Crippen molar-refractivity contribution in [3.63, 3.8) is 0 Å². The molecule has 126 valence electrons. The van der Waals surface area contributed by atoms with Gasteiger partial charge in [-0.25, -0.2) is 4.79 Å². The minimum Gasteiger partial charge on any atom is -0.444 e. The van der Waals surface area contributed by atoms with Crippen LogP contribution in [0.4, 0.5) is 4.79 Å². The number of hydrogen-bond donors (Lipinski definition) is 2. The molecule has 1 unspecified atom stereocenters. The summed E-state index contributed by atoms with van der Waals surface area (Å²) in [5.41, 5.74) is -0.686.